The zero-order chi connectivity index (χ0) is 13.7. The molecule has 0 atom stereocenters. The molecule has 112 valence electrons. The Balaban J connectivity index is 0.00000200. The molecule has 0 aliphatic heterocycles. The Morgan fingerprint density at radius 3 is 2.40 bits per heavy atom. The van der Waals surface area contributed by atoms with Gasteiger partial charge in [0.1, 0.15) is 0 Å². The molecule has 0 bridgehead atoms. The Morgan fingerprint density at radius 1 is 1.20 bits per heavy atom. The van der Waals surface area contributed by atoms with Crippen molar-refractivity contribution in [1.29, 1.82) is 0 Å². The van der Waals surface area contributed by atoms with Crippen molar-refractivity contribution in [3.63, 3.8) is 0 Å². The summed E-state index contributed by atoms with van der Waals surface area (Å²) >= 11 is 5.89. The summed E-state index contributed by atoms with van der Waals surface area (Å²) in [4.78, 5) is 12.3. The van der Waals surface area contributed by atoms with E-state index in [-0.39, 0.29) is 23.7 Å². The van der Waals surface area contributed by atoms with Crippen molar-refractivity contribution in [2.75, 3.05) is 19.6 Å². The van der Waals surface area contributed by atoms with Gasteiger partial charge in [-0.25, -0.2) is 0 Å². The fourth-order valence-electron chi connectivity index (χ4n) is 2.28. The van der Waals surface area contributed by atoms with Crippen LogP contribution in [0.25, 0.3) is 0 Å². The fourth-order valence-corrected chi connectivity index (χ4v) is 2.40. The highest BCUT2D eigenvalue weighted by molar-refractivity contribution is 6.30. The van der Waals surface area contributed by atoms with E-state index in [4.69, 9.17) is 11.6 Å². The number of halogens is 2. The lowest BCUT2D eigenvalue weighted by Gasteiger charge is -2.16. The van der Waals surface area contributed by atoms with Crippen LogP contribution in [0.4, 0.5) is 0 Å². The Hall–Kier alpha value is -0.770. The monoisotopic (exact) mass is 316 g/mol. The van der Waals surface area contributed by atoms with E-state index in [1.165, 1.54) is 0 Å². The van der Waals surface area contributed by atoms with Crippen LogP contribution in [0.5, 0.6) is 0 Å². The average Bonchev–Trinajstić information content (AvgIpc) is 3.21. The summed E-state index contributed by atoms with van der Waals surface area (Å²) in [7, 11) is 0. The van der Waals surface area contributed by atoms with Crippen molar-refractivity contribution >= 4 is 29.9 Å². The van der Waals surface area contributed by atoms with Gasteiger partial charge in [0.2, 0.25) is 5.91 Å². The maximum absolute atomic E-state index is 12.3. The minimum absolute atomic E-state index is 0. The highest BCUT2D eigenvalue weighted by Crippen LogP contribution is 2.48. The quantitative estimate of drug-likeness (QED) is 0.759. The van der Waals surface area contributed by atoms with Gasteiger partial charge in [0.25, 0.3) is 0 Å². The molecule has 1 aliphatic rings. The topological polar surface area (TPSA) is 41.1 Å². The zero-order valence-electron chi connectivity index (χ0n) is 11.7. The second-order valence-electron chi connectivity index (χ2n) is 5.09. The molecular formula is C15H22Cl2N2O. The van der Waals surface area contributed by atoms with E-state index in [0.29, 0.717) is 11.6 Å². The molecule has 1 aromatic carbocycles. The van der Waals surface area contributed by atoms with Crippen LogP contribution in [0.1, 0.15) is 31.7 Å². The summed E-state index contributed by atoms with van der Waals surface area (Å²) in [6, 6.07) is 7.63. The van der Waals surface area contributed by atoms with E-state index in [1.807, 2.05) is 24.3 Å². The number of hydrogen-bond donors (Lipinski definition) is 2. The molecule has 2 N–H and O–H groups in total. The second kappa shape index (κ2) is 7.87. The van der Waals surface area contributed by atoms with Crippen molar-refractivity contribution in [1.82, 2.24) is 10.6 Å². The van der Waals surface area contributed by atoms with Gasteiger partial charge in [-0.15, -0.1) is 12.4 Å². The smallest absolute Gasteiger partial charge is 0.230 e. The summed E-state index contributed by atoms with van der Waals surface area (Å²) in [5, 5.41) is 7.01. The highest BCUT2D eigenvalue weighted by atomic mass is 35.5. The van der Waals surface area contributed by atoms with Gasteiger partial charge in [-0.05, 0) is 43.5 Å². The van der Waals surface area contributed by atoms with Crippen LogP contribution < -0.4 is 10.6 Å². The normalized spacial score (nSPS) is 15.3. The van der Waals surface area contributed by atoms with Gasteiger partial charge in [0.15, 0.2) is 0 Å². The number of carbonyl (C=O) groups excluding carboxylic acids is 1. The predicted octanol–water partition coefficient (Wildman–Crippen LogP) is 2.91. The van der Waals surface area contributed by atoms with Crippen molar-refractivity contribution in [3.8, 4) is 0 Å². The minimum Gasteiger partial charge on any atom is -0.354 e. The third kappa shape index (κ3) is 4.11. The van der Waals surface area contributed by atoms with Gasteiger partial charge >= 0.3 is 0 Å². The van der Waals surface area contributed by atoms with E-state index in [1.54, 1.807) is 0 Å². The fraction of sp³-hybridized carbons (Fsp3) is 0.533. The first-order chi connectivity index (χ1) is 9.19. The SMILES string of the molecule is CCCNCCNC(=O)C1(c2ccc(Cl)cc2)CC1.Cl. The molecular weight excluding hydrogens is 295 g/mol. The Labute approximate surface area is 131 Å². The van der Waals surface area contributed by atoms with Gasteiger partial charge in [-0.1, -0.05) is 30.7 Å². The summed E-state index contributed by atoms with van der Waals surface area (Å²) in [5.41, 5.74) is 0.783. The van der Waals surface area contributed by atoms with Crippen LogP contribution in [-0.2, 0) is 10.2 Å². The molecule has 1 saturated carbocycles. The Bertz CT molecular complexity index is 430. The molecule has 0 unspecified atom stereocenters. The van der Waals surface area contributed by atoms with E-state index in [0.717, 1.165) is 37.9 Å². The molecule has 20 heavy (non-hydrogen) atoms. The minimum atomic E-state index is -0.296. The maximum atomic E-state index is 12.3. The van der Waals surface area contributed by atoms with E-state index in [9.17, 15) is 4.79 Å². The van der Waals surface area contributed by atoms with Crippen LogP contribution in [0, 0.1) is 0 Å². The molecule has 5 heteroatoms. The third-order valence-electron chi connectivity index (χ3n) is 3.60. The van der Waals surface area contributed by atoms with Crippen molar-refractivity contribution in [3.05, 3.63) is 34.9 Å². The third-order valence-corrected chi connectivity index (χ3v) is 3.85. The molecule has 0 spiro atoms. The van der Waals surface area contributed by atoms with Crippen LogP contribution >= 0.6 is 24.0 Å². The highest BCUT2D eigenvalue weighted by Gasteiger charge is 2.50. The molecule has 1 aromatic rings. The first kappa shape index (κ1) is 17.3. The van der Waals surface area contributed by atoms with Crippen molar-refractivity contribution in [2.45, 2.75) is 31.6 Å². The van der Waals surface area contributed by atoms with Gasteiger partial charge in [0, 0.05) is 18.1 Å². The summed E-state index contributed by atoms with van der Waals surface area (Å²) in [6.45, 7) is 4.65. The number of benzene rings is 1. The Morgan fingerprint density at radius 2 is 1.85 bits per heavy atom. The molecule has 0 radical (unpaired) electrons. The second-order valence-corrected chi connectivity index (χ2v) is 5.53. The number of hydrogen-bond acceptors (Lipinski definition) is 2. The predicted molar refractivity (Wildman–Crippen MR) is 85.8 cm³/mol. The lowest BCUT2D eigenvalue weighted by atomic mass is 9.95. The molecule has 1 fully saturated rings. The molecule has 0 saturated heterocycles. The van der Waals surface area contributed by atoms with Crippen LogP contribution in [-0.4, -0.2) is 25.5 Å². The molecule has 0 heterocycles. The van der Waals surface area contributed by atoms with Gasteiger partial charge in [-0.2, -0.15) is 0 Å². The van der Waals surface area contributed by atoms with Gasteiger partial charge in [0.05, 0.1) is 5.41 Å². The van der Waals surface area contributed by atoms with E-state index >= 15 is 0 Å². The lowest BCUT2D eigenvalue weighted by Crippen LogP contribution is -2.38. The molecule has 1 aliphatic carbocycles. The molecule has 1 amide bonds. The first-order valence-corrected chi connectivity index (χ1v) is 7.32. The lowest BCUT2D eigenvalue weighted by molar-refractivity contribution is -0.123. The van der Waals surface area contributed by atoms with E-state index < -0.39 is 0 Å². The zero-order valence-corrected chi connectivity index (χ0v) is 13.3. The van der Waals surface area contributed by atoms with E-state index in [2.05, 4.69) is 17.6 Å². The van der Waals surface area contributed by atoms with Crippen molar-refractivity contribution in [2.24, 2.45) is 0 Å². The number of amides is 1. The van der Waals surface area contributed by atoms with Crippen LogP contribution in [0.2, 0.25) is 5.02 Å². The number of nitrogens with one attached hydrogen (secondary N) is 2. The van der Waals surface area contributed by atoms with Gasteiger partial charge < -0.3 is 10.6 Å². The first-order valence-electron chi connectivity index (χ1n) is 6.94. The largest absolute Gasteiger partial charge is 0.354 e. The van der Waals surface area contributed by atoms with Crippen LogP contribution in [0.15, 0.2) is 24.3 Å². The number of carbonyl (C=O) groups is 1. The molecule has 2 rings (SSSR count). The van der Waals surface area contributed by atoms with Crippen molar-refractivity contribution < 1.29 is 4.79 Å². The standard InChI is InChI=1S/C15H21ClN2O.ClH/c1-2-9-17-10-11-18-14(19)15(7-8-15)12-3-5-13(16)6-4-12;/h3-6,17H,2,7-11H2,1H3,(H,18,19);1H. The molecule has 3 nitrogen and oxygen atoms in total. The maximum Gasteiger partial charge on any atom is 0.230 e. The average molecular weight is 317 g/mol. The molecule has 0 aromatic heterocycles. The summed E-state index contributed by atoms with van der Waals surface area (Å²) in [6.07, 6.45) is 2.98. The summed E-state index contributed by atoms with van der Waals surface area (Å²) < 4.78 is 0. The number of rotatable bonds is 7. The Kier molecular flexibility index (Phi) is 6.80. The van der Waals surface area contributed by atoms with Gasteiger partial charge in [-0.3, -0.25) is 4.79 Å². The van der Waals surface area contributed by atoms with Crippen LogP contribution in [0.3, 0.4) is 0 Å². The summed E-state index contributed by atoms with van der Waals surface area (Å²) in [5.74, 6) is 0.146.